The number of anilines is 1. The van der Waals surface area contributed by atoms with E-state index >= 15 is 0 Å². The summed E-state index contributed by atoms with van der Waals surface area (Å²) in [6.07, 6.45) is 5.08. The van der Waals surface area contributed by atoms with E-state index in [4.69, 9.17) is 0 Å². The van der Waals surface area contributed by atoms with E-state index in [1.165, 1.54) is 23.3 Å². The predicted octanol–water partition coefficient (Wildman–Crippen LogP) is 2.04. The second-order valence-electron chi connectivity index (χ2n) is 3.94. The van der Waals surface area contributed by atoms with E-state index in [2.05, 4.69) is 46.8 Å². The zero-order valence-corrected chi connectivity index (χ0v) is 9.86. The Morgan fingerprint density at radius 2 is 1.94 bits per heavy atom. The highest BCUT2D eigenvalue weighted by Crippen LogP contribution is 2.14. The minimum atomic E-state index is 0.806. The van der Waals surface area contributed by atoms with Gasteiger partial charge in [0.15, 0.2) is 0 Å². The summed E-state index contributed by atoms with van der Waals surface area (Å²) in [6.45, 7) is 5.05. The SMILES string of the molecule is Cc1cc(CNc2cncnc2)c(C)n1C. The number of nitrogens with zero attached hydrogens (tertiary/aromatic N) is 3. The van der Waals surface area contributed by atoms with Crippen molar-refractivity contribution in [3.8, 4) is 0 Å². The number of nitrogens with one attached hydrogen (secondary N) is 1. The summed E-state index contributed by atoms with van der Waals surface area (Å²) in [7, 11) is 2.08. The molecule has 4 nitrogen and oxygen atoms in total. The highest BCUT2D eigenvalue weighted by atomic mass is 15.0. The molecule has 2 aromatic rings. The molecule has 2 rings (SSSR count). The topological polar surface area (TPSA) is 42.7 Å². The highest BCUT2D eigenvalue weighted by Gasteiger charge is 2.05. The fraction of sp³-hybridized carbons (Fsp3) is 0.333. The quantitative estimate of drug-likeness (QED) is 0.853. The molecule has 0 atom stereocenters. The second kappa shape index (κ2) is 4.35. The summed E-state index contributed by atoms with van der Waals surface area (Å²) < 4.78 is 2.19. The van der Waals surface area contributed by atoms with E-state index in [-0.39, 0.29) is 0 Å². The van der Waals surface area contributed by atoms with E-state index in [1.807, 2.05) is 0 Å². The first-order valence-corrected chi connectivity index (χ1v) is 5.29. The molecule has 0 aliphatic rings. The molecule has 0 saturated heterocycles. The van der Waals surface area contributed by atoms with Crippen molar-refractivity contribution in [2.45, 2.75) is 20.4 Å². The number of aryl methyl sites for hydroxylation is 1. The smallest absolute Gasteiger partial charge is 0.115 e. The summed E-state index contributed by atoms with van der Waals surface area (Å²) in [5.41, 5.74) is 4.83. The molecule has 16 heavy (non-hydrogen) atoms. The van der Waals surface area contributed by atoms with Gasteiger partial charge in [0.2, 0.25) is 0 Å². The van der Waals surface area contributed by atoms with Gasteiger partial charge in [0.05, 0.1) is 18.1 Å². The molecule has 84 valence electrons. The molecule has 2 heterocycles. The first-order chi connectivity index (χ1) is 7.68. The van der Waals surface area contributed by atoms with Crippen LogP contribution < -0.4 is 5.32 Å². The maximum atomic E-state index is 3.96. The van der Waals surface area contributed by atoms with Crippen LogP contribution in [0.2, 0.25) is 0 Å². The van der Waals surface area contributed by atoms with E-state index in [0.29, 0.717) is 0 Å². The predicted molar refractivity (Wildman–Crippen MR) is 64.2 cm³/mol. The van der Waals surface area contributed by atoms with Gasteiger partial charge < -0.3 is 9.88 Å². The summed E-state index contributed by atoms with van der Waals surface area (Å²) in [5.74, 6) is 0. The third-order valence-corrected chi connectivity index (χ3v) is 2.92. The normalized spacial score (nSPS) is 10.4. The number of hydrogen-bond acceptors (Lipinski definition) is 3. The molecule has 0 amide bonds. The standard InChI is InChI=1S/C12H16N4/c1-9-4-11(10(2)16(9)3)5-15-12-6-13-8-14-7-12/h4,6-8,15H,5H2,1-3H3. The average Bonchev–Trinajstić information content (AvgIpc) is 2.56. The molecule has 0 bridgehead atoms. The molecule has 2 aromatic heterocycles. The van der Waals surface area contributed by atoms with Crippen LogP contribution in [-0.2, 0) is 13.6 Å². The van der Waals surface area contributed by atoms with Crippen LogP contribution in [-0.4, -0.2) is 14.5 Å². The van der Waals surface area contributed by atoms with Gasteiger partial charge in [-0.15, -0.1) is 0 Å². The van der Waals surface area contributed by atoms with Gasteiger partial charge in [-0.1, -0.05) is 0 Å². The Balaban J connectivity index is 2.08. The summed E-state index contributed by atoms with van der Waals surface area (Å²) >= 11 is 0. The highest BCUT2D eigenvalue weighted by molar-refractivity contribution is 5.39. The zero-order chi connectivity index (χ0) is 11.5. The number of rotatable bonds is 3. The average molecular weight is 216 g/mol. The van der Waals surface area contributed by atoms with Gasteiger partial charge in [0.1, 0.15) is 6.33 Å². The van der Waals surface area contributed by atoms with Crippen molar-refractivity contribution in [1.82, 2.24) is 14.5 Å². The molecule has 0 spiro atoms. The minimum absolute atomic E-state index is 0.806. The Hall–Kier alpha value is -1.84. The van der Waals surface area contributed by atoms with E-state index in [0.717, 1.165) is 12.2 Å². The monoisotopic (exact) mass is 216 g/mol. The Morgan fingerprint density at radius 3 is 2.50 bits per heavy atom. The molecule has 0 unspecified atom stereocenters. The Labute approximate surface area is 95.4 Å². The van der Waals surface area contributed by atoms with Crippen LogP contribution in [0, 0.1) is 13.8 Å². The molecule has 4 heteroatoms. The Kier molecular flexibility index (Phi) is 2.90. The fourth-order valence-electron chi connectivity index (χ4n) is 1.70. The van der Waals surface area contributed by atoms with Gasteiger partial charge in [-0.25, -0.2) is 9.97 Å². The van der Waals surface area contributed by atoms with Crippen LogP contribution in [0.25, 0.3) is 0 Å². The van der Waals surface area contributed by atoms with Gasteiger partial charge in [-0.3, -0.25) is 0 Å². The van der Waals surface area contributed by atoms with Gasteiger partial charge in [0, 0.05) is 25.0 Å². The lowest BCUT2D eigenvalue weighted by molar-refractivity contribution is 0.837. The van der Waals surface area contributed by atoms with Crippen LogP contribution in [0.1, 0.15) is 17.0 Å². The molecule has 0 saturated carbocycles. The molecule has 0 aliphatic heterocycles. The number of aromatic nitrogens is 3. The lowest BCUT2D eigenvalue weighted by Gasteiger charge is -2.05. The Bertz CT molecular complexity index is 473. The van der Waals surface area contributed by atoms with Gasteiger partial charge >= 0.3 is 0 Å². The van der Waals surface area contributed by atoms with Crippen molar-refractivity contribution in [2.24, 2.45) is 7.05 Å². The zero-order valence-electron chi connectivity index (χ0n) is 9.86. The Morgan fingerprint density at radius 1 is 1.25 bits per heavy atom. The molecular formula is C12H16N4. The fourth-order valence-corrected chi connectivity index (χ4v) is 1.70. The van der Waals surface area contributed by atoms with Crippen LogP contribution in [0.5, 0.6) is 0 Å². The van der Waals surface area contributed by atoms with Crippen molar-refractivity contribution in [2.75, 3.05) is 5.32 Å². The summed E-state index contributed by atoms with van der Waals surface area (Å²) in [4.78, 5) is 7.93. The first kappa shape index (κ1) is 10.7. The van der Waals surface area contributed by atoms with Crippen molar-refractivity contribution < 1.29 is 0 Å². The molecule has 0 fully saturated rings. The van der Waals surface area contributed by atoms with E-state index < -0.39 is 0 Å². The lowest BCUT2D eigenvalue weighted by atomic mass is 10.2. The van der Waals surface area contributed by atoms with E-state index in [9.17, 15) is 0 Å². The molecular weight excluding hydrogens is 200 g/mol. The van der Waals surface area contributed by atoms with Gasteiger partial charge in [-0.05, 0) is 25.5 Å². The van der Waals surface area contributed by atoms with Crippen molar-refractivity contribution in [3.63, 3.8) is 0 Å². The lowest BCUT2D eigenvalue weighted by Crippen LogP contribution is -2.01. The van der Waals surface area contributed by atoms with Crippen LogP contribution in [0.15, 0.2) is 24.8 Å². The third kappa shape index (κ3) is 2.05. The maximum Gasteiger partial charge on any atom is 0.115 e. The first-order valence-electron chi connectivity index (χ1n) is 5.29. The van der Waals surface area contributed by atoms with Crippen molar-refractivity contribution in [1.29, 1.82) is 0 Å². The van der Waals surface area contributed by atoms with Crippen LogP contribution in [0.4, 0.5) is 5.69 Å². The molecule has 1 N–H and O–H groups in total. The second-order valence-corrected chi connectivity index (χ2v) is 3.94. The van der Waals surface area contributed by atoms with Crippen LogP contribution in [0.3, 0.4) is 0 Å². The van der Waals surface area contributed by atoms with Crippen molar-refractivity contribution >= 4 is 5.69 Å². The third-order valence-electron chi connectivity index (χ3n) is 2.92. The summed E-state index contributed by atoms with van der Waals surface area (Å²) in [5, 5.41) is 3.30. The van der Waals surface area contributed by atoms with Crippen LogP contribution >= 0.6 is 0 Å². The minimum Gasteiger partial charge on any atom is -0.378 e. The maximum absolute atomic E-state index is 3.96. The molecule has 0 radical (unpaired) electrons. The summed E-state index contributed by atoms with van der Waals surface area (Å²) in [6, 6.07) is 2.20. The molecule has 0 aromatic carbocycles. The molecule has 0 aliphatic carbocycles. The van der Waals surface area contributed by atoms with Gasteiger partial charge in [-0.2, -0.15) is 0 Å². The number of hydrogen-bond donors (Lipinski definition) is 1. The largest absolute Gasteiger partial charge is 0.378 e. The van der Waals surface area contributed by atoms with Crippen molar-refractivity contribution in [3.05, 3.63) is 41.7 Å². The van der Waals surface area contributed by atoms with Gasteiger partial charge in [0.25, 0.3) is 0 Å². The van der Waals surface area contributed by atoms with E-state index in [1.54, 1.807) is 12.4 Å².